The number of thiazole rings is 1. The van der Waals surface area contributed by atoms with Crippen molar-refractivity contribution in [1.29, 1.82) is 0 Å². The quantitative estimate of drug-likeness (QED) is 0.591. The first-order chi connectivity index (χ1) is 14.7. The number of aromatic nitrogens is 1. The number of rotatable bonds is 4. The van der Waals surface area contributed by atoms with E-state index in [4.69, 9.17) is 16.3 Å². The highest BCUT2D eigenvalue weighted by atomic mass is 35.5. The van der Waals surface area contributed by atoms with Gasteiger partial charge in [-0.25, -0.2) is 4.98 Å². The fourth-order valence-electron chi connectivity index (χ4n) is 3.57. The number of fused-ring (bicyclic) bond motifs is 1. The summed E-state index contributed by atoms with van der Waals surface area (Å²) < 4.78 is 5.61. The van der Waals surface area contributed by atoms with Crippen LogP contribution in [0.15, 0.2) is 36.4 Å². The van der Waals surface area contributed by atoms with E-state index in [0.29, 0.717) is 22.1 Å². The number of amides is 2. The number of halogens is 1. The first-order valence-corrected chi connectivity index (χ1v) is 11.0. The zero-order chi connectivity index (χ0) is 22.3. The van der Waals surface area contributed by atoms with Crippen molar-refractivity contribution < 1.29 is 14.3 Å². The molecule has 0 fully saturated rings. The van der Waals surface area contributed by atoms with Crippen LogP contribution >= 0.6 is 22.9 Å². The minimum atomic E-state index is -0.747. The van der Waals surface area contributed by atoms with Crippen LogP contribution in [0.2, 0.25) is 5.02 Å². The highest BCUT2D eigenvalue weighted by Crippen LogP contribution is 2.38. The normalized spacial score (nSPS) is 14.1. The number of anilines is 2. The molecule has 0 aliphatic carbocycles. The molecular weight excluding hydrogens is 434 g/mol. The van der Waals surface area contributed by atoms with Crippen molar-refractivity contribution in [1.82, 2.24) is 4.98 Å². The van der Waals surface area contributed by atoms with E-state index in [1.165, 1.54) is 4.90 Å². The largest absolute Gasteiger partial charge is 0.482 e. The molecule has 1 atom stereocenters. The maximum atomic E-state index is 13.0. The molecule has 1 aliphatic heterocycles. The van der Waals surface area contributed by atoms with Crippen molar-refractivity contribution in [2.24, 2.45) is 0 Å². The van der Waals surface area contributed by atoms with E-state index in [-0.39, 0.29) is 18.4 Å². The van der Waals surface area contributed by atoms with Gasteiger partial charge in [0, 0.05) is 21.2 Å². The molecule has 2 amide bonds. The van der Waals surface area contributed by atoms with Crippen LogP contribution in [0, 0.1) is 20.8 Å². The maximum absolute atomic E-state index is 13.0. The Balaban J connectivity index is 1.66. The van der Waals surface area contributed by atoms with E-state index in [2.05, 4.69) is 10.3 Å². The number of nitrogens with one attached hydrogen (secondary N) is 1. The summed E-state index contributed by atoms with van der Waals surface area (Å²) in [6, 6.07) is 10.2. The minimum absolute atomic E-state index is 0.116. The van der Waals surface area contributed by atoms with Gasteiger partial charge in [0.2, 0.25) is 5.91 Å². The van der Waals surface area contributed by atoms with Crippen LogP contribution in [-0.2, 0) is 9.59 Å². The fourth-order valence-corrected chi connectivity index (χ4v) is 4.60. The van der Waals surface area contributed by atoms with E-state index < -0.39 is 6.04 Å². The molecule has 4 rings (SSSR count). The average Bonchev–Trinajstić information content (AvgIpc) is 3.07. The third-order valence-electron chi connectivity index (χ3n) is 5.22. The van der Waals surface area contributed by atoms with Crippen molar-refractivity contribution in [3.05, 3.63) is 56.9 Å². The summed E-state index contributed by atoms with van der Waals surface area (Å²) in [6.07, 6.45) is 0. The molecule has 31 heavy (non-hydrogen) atoms. The Bertz CT molecular complexity index is 1190. The molecule has 2 aromatic carbocycles. The number of benzene rings is 2. The molecule has 3 aromatic rings. The van der Waals surface area contributed by atoms with Gasteiger partial charge in [-0.3, -0.25) is 14.5 Å². The standard InChI is InChI=1S/C23H22ClN3O3S/c1-12-5-7-17(10-18(12)24)26-23(29)13(2)27-19-9-16(22-14(3)31-15(4)25-22)6-8-20(19)30-11-21(27)28/h5-10,13H,11H2,1-4H3,(H,26,29). The van der Waals surface area contributed by atoms with Crippen molar-refractivity contribution in [3.63, 3.8) is 0 Å². The summed E-state index contributed by atoms with van der Waals surface area (Å²) in [5, 5.41) is 4.39. The molecule has 0 radical (unpaired) electrons. The van der Waals surface area contributed by atoms with Crippen molar-refractivity contribution >= 4 is 46.1 Å². The Kier molecular flexibility index (Phi) is 5.73. The van der Waals surface area contributed by atoms with Gasteiger partial charge >= 0.3 is 0 Å². The monoisotopic (exact) mass is 455 g/mol. The van der Waals surface area contributed by atoms with Gasteiger partial charge in [0.05, 0.1) is 16.4 Å². The van der Waals surface area contributed by atoms with E-state index >= 15 is 0 Å². The first kappa shape index (κ1) is 21.3. The number of carbonyl (C=O) groups excluding carboxylic acids is 2. The summed E-state index contributed by atoms with van der Waals surface area (Å²) in [5.74, 6) is -0.0291. The molecule has 0 saturated heterocycles. The van der Waals surface area contributed by atoms with Crippen LogP contribution in [0.3, 0.4) is 0 Å². The van der Waals surface area contributed by atoms with Crippen molar-refractivity contribution in [3.8, 4) is 17.0 Å². The summed E-state index contributed by atoms with van der Waals surface area (Å²) in [6.45, 7) is 7.45. The van der Waals surface area contributed by atoms with Gasteiger partial charge in [0.25, 0.3) is 5.91 Å². The molecule has 0 spiro atoms. The van der Waals surface area contributed by atoms with Gasteiger partial charge in [-0.15, -0.1) is 11.3 Å². The predicted molar refractivity (Wildman–Crippen MR) is 124 cm³/mol. The second-order valence-corrected chi connectivity index (χ2v) is 9.32. The second-order valence-electron chi connectivity index (χ2n) is 7.50. The van der Waals surface area contributed by atoms with E-state index in [9.17, 15) is 9.59 Å². The topological polar surface area (TPSA) is 71.5 Å². The molecule has 1 unspecified atom stereocenters. The highest BCUT2D eigenvalue weighted by molar-refractivity contribution is 7.11. The summed E-state index contributed by atoms with van der Waals surface area (Å²) in [7, 11) is 0. The Hall–Kier alpha value is -2.90. The highest BCUT2D eigenvalue weighted by Gasteiger charge is 2.33. The molecule has 1 aromatic heterocycles. The Morgan fingerprint density at radius 2 is 2.00 bits per heavy atom. The van der Waals surface area contributed by atoms with Crippen molar-refractivity contribution in [2.45, 2.75) is 33.7 Å². The van der Waals surface area contributed by atoms with E-state index in [0.717, 1.165) is 26.7 Å². The molecule has 8 heteroatoms. The Morgan fingerprint density at radius 1 is 1.23 bits per heavy atom. The average molecular weight is 456 g/mol. The second kappa shape index (κ2) is 8.32. The molecule has 2 heterocycles. The number of ether oxygens (including phenoxy) is 1. The van der Waals surface area contributed by atoms with Crippen LogP contribution in [0.4, 0.5) is 11.4 Å². The number of nitrogens with zero attached hydrogens (tertiary/aromatic N) is 2. The maximum Gasteiger partial charge on any atom is 0.265 e. The van der Waals surface area contributed by atoms with E-state index in [1.54, 1.807) is 30.4 Å². The Morgan fingerprint density at radius 3 is 2.68 bits per heavy atom. The lowest BCUT2D eigenvalue weighted by Crippen LogP contribution is -2.49. The molecular formula is C23H22ClN3O3S. The lowest BCUT2D eigenvalue weighted by atomic mass is 10.1. The Labute approximate surface area is 189 Å². The molecule has 0 saturated carbocycles. The molecule has 1 aliphatic rings. The smallest absolute Gasteiger partial charge is 0.265 e. The molecule has 0 bridgehead atoms. The zero-order valence-electron chi connectivity index (χ0n) is 17.7. The summed E-state index contributed by atoms with van der Waals surface area (Å²) >= 11 is 7.79. The molecule has 1 N–H and O–H groups in total. The van der Waals surface area contributed by atoms with Gasteiger partial charge in [-0.05, 0) is 63.6 Å². The first-order valence-electron chi connectivity index (χ1n) is 9.85. The third kappa shape index (κ3) is 4.16. The lowest BCUT2D eigenvalue weighted by Gasteiger charge is -2.33. The van der Waals surface area contributed by atoms with Crippen LogP contribution < -0.4 is 15.0 Å². The molecule has 6 nitrogen and oxygen atoms in total. The number of hydrogen-bond acceptors (Lipinski definition) is 5. The van der Waals surface area contributed by atoms with Gasteiger partial charge in [-0.2, -0.15) is 0 Å². The van der Waals surface area contributed by atoms with Crippen LogP contribution in [0.25, 0.3) is 11.3 Å². The van der Waals surface area contributed by atoms with Gasteiger partial charge in [0.1, 0.15) is 11.8 Å². The van der Waals surface area contributed by atoms with Crippen LogP contribution in [-0.4, -0.2) is 29.4 Å². The zero-order valence-corrected chi connectivity index (χ0v) is 19.2. The fraction of sp³-hybridized carbons (Fsp3) is 0.261. The number of hydrogen-bond donors (Lipinski definition) is 1. The lowest BCUT2D eigenvalue weighted by molar-refractivity contribution is -0.125. The predicted octanol–water partition coefficient (Wildman–Crippen LogP) is 5.14. The number of carbonyl (C=O) groups is 2. The summed E-state index contributed by atoms with van der Waals surface area (Å²) in [5.41, 5.74) is 3.81. The molecule has 160 valence electrons. The van der Waals surface area contributed by atoms with Crippen LogP contribution in [0.5, 0.6) is 5.75 Å². The van der Waals surface area contributed by atoms with Gasteiger partial charge in [-0.1, -0.05) is 17.7 Å². The summed E-state index contributed by atoms with van der Waals surface area (Å²) in [4.78, 5) is 32.9. The number of aryl methyl sites for hydroxylation is 3. The van der Waals surface area contributed by atoms with Crippen molar-refractivity contribution in [2.75, 3.05) is 16.8 Å². The SMILES string of the molecule is Cc1nc(-c2ccc3c(c2)N(C(C)C(=O)Nc2ccc(C)c(Cl)c2)C(=O)CO3)c(C)s1. The van der Waals surface area contributed by atoms with Gasteiger partial charge < -0.3 is 10.1 Å². The minimum Gasteiger partial charge on any atom is -0.482 e. The van der Waals surface area contributed by atoms with Gasteiger partial charge in [0.15, 0.2) is 6.61 Å². The third-order valence-corrected chi connectivity index (χ3v) is 6.51. The van der Waals surface area contributed by atoms with Crippen LogP contribution in [0.1, 0.15) is 22.4 Å². The van der Waals surface area contributed by atoms with E-state index in [1.807, 2.05) is 45.0 Å².